The minimum absolute atomic E-state index is 0.293. The summed E-state index contributed by atoms with van der Waals surface area (Å²) in [5.41, 5.74) is 2.24. The SMILES string of the molecule is Cn1nc(CC(CCl)CCl)c2ccccc21. The standard InChI is InChI=1S/C12H14Cl2N2/c1-16-12-5-3-2-4-10(12)11(15-16)6-9(7-13)8-14/h2-5,9H,6-8H2,1H3. The van der Waals surface area contributed by atoms with Crippen LogP contribution in [0.4, 0.5) is 0 Å². The molecule has 2 aromatic rings. The number of nitrogens with zero attached hydrogens (tertiary/aromatic N) is 2. The molecular weight excluding hydrogens is 243 g/mol. The molecule has 0 spiro atoms. The average molecular weight is 257 g/mol. The summed E-state index contributed by atoms with van der Waals surface area (Å²) >= 11 is 11.7. The van der Waals surface area contributed by atoms with E-state index in [1.165, 1.54) is 5.39 Å². The van der Waals surface area contributed by atoms with E-state index in [0.717, 1.165) is 17.6 Å². The summed E-state index contributed by atoms with van der Waals surface area (Å²) in [4.78, 5) is 0. The minimum atomic E-state index is 0.293. The van der Waals surface area contributed by atoms with Crippen LogP contribution in [0.25, 0.3) is 10.9 Å². The topological polar surface area (TPSA) is 17.8 Å². The largest absolute Gasteiger partial charge is 0.268 e. The first kappa shape index (κ1) is 11.7. The van der Waals surface area contributed by atoms with Crippen LogP contribution in [0.15, 0.2) is 24.3 Å². The smallest absolute Gasteiger partial charge is 0.0706 e. The van der Waals surface area contributed by atoms with E-state index in [4.69, 9.17) is 23.2 Å². The fourth-order valence-corrected chi connectivity index (χ4v) is 2.41. The van der Waals surface area contributed by atoms with Crippen LogP contribution < -0.4 is 0 Å². The average Bonchev–Trinajstić information content (AvgIpc) is 2.64. The van der Waals surface area contributed by atoms with Crippen LogP contribution in [-0.2, 0) is 13.5 Å². The van der Waals surface area contributed by atoms with Crippen molar-refractivity contribution in [3.05, 3.63) is 30.0 Å². The van der Waals surface area contributed by atoms with Crippen LogP contribution in [-0.4, -0.2) is 21.5 Å². The van der Waals surface area contributed by atoms with E-state index in [-0.39, 0.29) is 0 Å². The summed E-state index contributed by atoms with van der Waals surface area (Å²) in [6.45, 7) is 0. The van der Waals surface area contributed by atoms with Crippen molar-refractivity contribution in [1.82, 2.24) is 9.78 Å². The number of aromatic nitrogens is 2. The van der Waals surface area contributed by atoms with Crippen molar-refractivity contribution in [2.24, 2.45) is 13.0 Å². The second-order valence-corrected chi connectivity index (χ2v) is 4.58. The quantitative estimate of drug-likeness (QED) is 0.769. The fraction of sp³-hybridized carbons (Fsp3) is 0.417. The summed E-state index contributed by atoms with van der Waals surface area (Å²) in [5.74, 6) is 1.45. The summed E-state index contributed by atoms with van der Waals surface area (Å²) in [6, 6.07) is 8.22. The highest BCUT2D eigenvalue weighted by molar-refractivity contribution is 6.20. The van der Waals surface area contributed by atoms with Gasteiger partial charge in [-0.2, -0.15) is 5.10 Å². The Balaban J connectivity index is 2.37. The van der Waals surface area contributed by atoms with Gasteiger partial charge in [0.05, 0.1) is 11.2 Å². The first-order chi connectivity index (χ1) is 7.76. The number of halogens is 2. The van der Waals surface area contributed by atoms with Crippen LogP contribution in [0.1, 0.15) is 5.69 Å². The molecule has 1 aromatic carbocycles. The number of fused-ring (bicyclic) bond motifs is 1. The number of para-hydroxylation sites is 1. The van der Waals surface area contributed by atoms with Gasteiger partial charge in [-0.1, -0.05) is 18.2 Å². The molecule has 0 bridgehead atoms. The Morgan fingerprint density at radius 3 is 2.62 bits per heavy atom. The third kappa shape index (κ3) is 2.18. The zero-order chi connectivity index (χ0) is 11.5. The molecule has 2 rings (SSSR count). The molecule has 0 unspecified atom stereocenters. The van der Waals surface area contributed by atoms with Gasteiger partial charge < -0.3 is 0 Å². The third-order valence-corrected chi connectivity index (χ3v) is 3.63. The Bertz CT molecular complexity index is 475. The number of hydrogen-bond acceptors (Lipinski definition) is 1. The van der Waals surface area contributed by atoms with Crippen molar-refractivity contribution in [2.45, 2.75) is 6.42 Å². The molecule has 0 aliphatic carbocycles. The molecule has 0 N–H and O–H groups in total. The van der Waals surface area contributed by atoms with E-state index in [2.05, 4.69) is 17.2 Å². The van der Waals surface area contributed by atoms with E-state index in [1.807, 2.05) is 23.9 Å². The van der Waals surface area contributed by atoms with Gasteiger partial charge in [0.15, 0.2) is 0 Å². The van der Waals surface area contributed by atoms with Crippen molar-refractivity contribution in [3.8, 4) is 0 Å². The lowest BCUT2D eigenvalue weighted by atomic mass is 10.0. The van der Waals surface area contributed by atoms with E-state index < -0.39 is 0 Å². The second kappa shape index (κ2) is 5.07. The van der Waals surface area contributed by atoms with Crippen molar-refractivity contribution < 1.29 is 0 Å². The fourth-order valence-electron chi connectivity index (χ4n) is 1.86. The number of hydrogen-bond donors (Lipinski definition) is 0. The molecule has 0 aliphatic rings. The number of aryl methyl sites for hydroxylation is 1. The van der Waals surface area contributed by atoms with Gasteiger partial charge >= 0.3 is 0 Å². The van der Waals surface area contributed by atoms with E-state index in [0.29, 0.717) is 17.7 Å². The Hall–Kier alpha value is -0.730. The van der Waals surface area contributed by atoms with Gasteiger partial charge in [0.25, 0.3) is 0 Å². The first-order valence-electron chi connectivity index (χ1n) is 5.28. The van der Waals surface area contributed by atoms with Crippen LogP contribution in [0.3, 0.4) is 0 Å². The highest BCUT2D eigenvalue weighted by Crippen LogP contribution is 2.21. The van der Waals surface area contributed by atoms with Gasteiger partial charge in [0.1, 0.15) is 0 Å². The van der Waals surface area contributed by atoms with Gasteiger partial charge in [-0.15, -0.1) is 23.2 Å². The molecule has 1 heterocycles. The molecular formula is C12H14Cl2N2. The molecule has 16 heavy (non-hydrogen) atoms. The zero-order valence-electron chi connectivity index (χ0n) is 9.16. The van der Waals surface area contributed by atoms with Crippen molar-refractivity contribution in [2.75, 3.05) is 11.8 Å². The molecule has 1 aromatic heterocycles. The molecule has 4 heteroatoms. The lowest BCUT2D eigenvalue weighted by molar-refractivity contribution is 0.636. The molecule has 0 radical (unpaired) electrons. The Labute approximate surface area is 105 Å². The highest BCUT2D eigenvalue weighted by atomic mass is 35.5. The van der Waals surface area contributed by atoms with E-state index in [9.17, 15) is 0 Å². The third-order valence-electron chi connectivity index (χ3n) is 2.75. The summed E-state index contributed by atoms with van der Waals surface area (Å²) in [7, 11) is 1.96. The molecule has 0 aliphatic heterocycles. The second-order valence-electron chi connectivity index (χ2n) is 3.97. The van der Waals surface area contributed by atoms with Crippen LogP contribution in [0, 0.1) is 5.92 Å². The predicted molar refractivity (Wildman–Crippen MR) is 69.3 cm³/mol. The first-order valence-corrected chi connectivity index (χ1v) is 6.35. The normalized spacial score (nSPS) is 11.5. The predicted octanol–water partition coefficient (Wildman–Crippen LogP) is 3.21. The van der Waals surface area contributed by atoms with Gasteiger partial charge in [-0.25, -0.2) is 0 Å². The molecule has 0 fully saturated rings. The van der Waals surface area contributed by atoms with Crippen LogP contribution >= 0.6 is 23.2 Å². The lowest BCUT2D eigenvalue weighted by Crippen LogP contribution is -2.09. The monoisotopic (exact) mass is 256 g/mol. The Kier molecular flexibility index (Phi) is 3.72. The van der Waals surface area contributed by atoms with Gasteiger partial charge in [-0.3, -0.25) is 4.68 Å². The van der Waals surface area contributed by atoms with Crippen LogP contribution in [0.2, 0.25) is 0 Å². The Morgan fingerprint density at radius 2 is 1.94 bits per heavy atom. The zero-order valence-corrected chi connectivity index (χ0v) is 10.7. The maximum atomic E-state index is 5.86. The van der Waals surface area contributed by atoms with Crippen molar-refractivity contribution in [3.63, 3.8) is 0 Å². The molecule has 86 valence electrons. The van der Waals surface area contributed by atoms with Crippen molar-refractivity contribution in [1.29, 1.82) is 0 Å². The maximum absolute atomic E-state index is 5.86. The number of rotatable bonds is 4. The molecule has 0 amide bonds. The molecule has 2 nitrogen and oxygen atoms in total. The molecule has 0 saturated heterocycles. The molecule has 0 saturated carbocycles. The number of benzene rings is 1. The van der Waals surface area contributed by atoms with E-state index in [1.54, 1.807) is 0 Å². The number of alkyl halides is 2. The van der Waals surface area contributed by atoms with E-state index >= 15 is 0 Å². The summed E-state index contributed by atoms with van der Waals surface area (Å²) in [6.07, 6.45) is 0.842. The summed E-state index contributed by atoms with van der Waals surface area (Å²) in [5, 5.41) is 5.72. The van der Waals surface area contributed by atoms with Crippen LogP contribution in [0.5, 0.6) is 0 Å². The van der Waals surface area contributed by atoms with Gasteiger partial charge in [-0.05, 0) is 18.4 Å². The highest BCUT2D eigenvalue weighted by Gasteiger charge is 2.13. The van der Waals surface area contributed by atoms with Crippen molar-refractivity contribution >= 4 is 34.1 Å². The lowest BCUT2D eigenvalue weighted by Gasteiger charge is -2.07. The van der Waals surface area contributed by atoms with Gasteiger partial charge in [0, 0.05) is 24.2 Å². The molecule has 0 atom stereocenters. The maximum Gasteiger partial charge on any atom is 0.0706 e. The minimum Gasteiger partial charge on any atom is -0.268 e. The van der Waals surface area contributed by atoms with Gasteiger partial charge in [0.2, 0.25) is 0 Å². The Morgan fingerprint density at radius 1 is 1.25 bits per heavy atom. The summed E-state index contributed by atoms with van der Waals surface area (Å²) < 4.78 is 1.91.